The molecule has 6 heavy (non-hydrogen) atoms. The summed E-state index contributed by atoms with van der Waals surface area (Å²) in [6.45, 7) is 0.943. The first kappa shape index (κ1) is 5.31. The zero-order chi connectivity index (χ0) is 4.57. The molecule has 36 valence electrons. The topological polar surface area (TPSA) is 12.5 Å². The van der Waals surface area contributed by atoms with E-state index in [0.717, 1.165) is 6.61 Å². The first-order valence-corrected chi connectivity index (χ1v) is 3.86. The molecule has 1 fully saturated rings. The number of hydrogen-bond acceptors (Lipinski definition) is 1. The van der Waals surface area contributed by atoms with Crippen LogP contribution in [0.2, 0.25) is 0 Å². The van der Waals surface area contributed by atoms with Crippen LogP contribution in [-0.2, 0) is 4.74 Å². The molecule has 0 N–H and O–H groups in total. The summed E-state index contributed by atoms with van der Waals surface area (Å²) >= 11 is 5.65. The lowest BCUT2D eigenvalue weighted by atomic mass is 10.6. The van der Waals surface area contributed by atoms with Crippen LogP contribution in [-0.4, -0.2) is 15.5 Å². The maximum Gasteiger partial charge on any atom is 0.102 e. The second-order valence-electron chi connectivity index (χ2n) is 1.21. The molecule has 1 heterocycles. The summed E-state index contributed by atoms with van der Waals surface area (Å²) in [7, 11) is 0. The van der Waals surface area contributed by atoms with Crippen molar-refractivity contribution in [2.45, 2.75) is 8.94 Å². The molecule has 1 saturated heterocycles. The number of halogens is 2. The molecule has 0 saturated carbocycles. The molecule has 0 radical (unpaired) electrons. The highest BCUT2D eigenvalue weighted by Crippen LogP contribution is 2.25. The minimum Gasteiger partial charge on any atom is -0.371 e. The first-order chi connectivity index (χ1) is 2.80. The molecule has 0 aromatic rings. The van der Waals surface area contributed by atoms with Gasteiger partial charge in [0.05, 0.1) is 9.44 Å². The van der Waals surface area contributed by atoms with Gasteiger partial charge in [0.15, 0.2) is 0 Å². The van der Waals surface area contributed by atoms with Gasteiger partial charge in [0, 0.05) is 0 Å². The molecule has 3 heteroatoms. The minimum absolute atomic E-state index is 0.505. The summed E-state index contributed by atoms with van der Waals surface area (Å²) < 4.78 is 5.44. The third-order valence-corrected chi connectivity index (χ3v) is 2.03. The monoisotopic (exact) mass is 262 g/mol. The molecular weight excluding hydrogens is 259 g/mol. The summed E-state index contributed by atoms with van der Waals surface area (Å²) in [5.74, 6) is 0. The van der Waals surface area contributed by atoms with E-state index in [4.69, 9.17) is 4.74 Å². The van der Waals surface area contributed by atoms with Crippen molar-refractivity contribution in [2.24, 2.45) is 0 Å². The van der Waals surface area contributed by atoms with Crippen molar-refractivity contribution in [3.8, 4) is 0 Å². The summed E-state index contributed by atoms with van der Waals surface area (Å²) in [5, 5.41) is 0. The zero-order valence-corrected chi connectivity index (χ0v) is 6.77. The Morgan fingerprint density at radius 1 is 2.00 bits per heavy atom. The van der Waals surface area contributed by atoms with Crippen molar-refractivity contribution in [3.63, 3.8) is 0 Å². The zero-order valence-electron chi connectivity index (χ0n) is 3.03. The van der Waals surface area contributed by atoms with E-state index >= 15 is 0 Å². The van der Waals surface area contributed by atoms with Crippen LogP contribution in [0.4, 0.5) is 0 Å². The third kappa shape index (κ3) is 1.35. The molecule has 0 aromatic heterocycles. The quantitative estimate of drug-likeness (QED) is 0.397. The summed E-state index contributed by atoms with van der Waals surface area (Å²) in [6, 6.07) is 0. The maximum absolute atomic E-state index is 4.92. The summed E-state index contributed by atoms with van der Waals surface area (Å²) in [4.78, 5) is 0. The van der Waals surface area contributed by atoms with Gasteiger partial charge in [-0.05, 0) is 0 Å². The Morgan fingerprint density at radius 3 is 2.50 bits per heavy atom. The predicted molar refractivity (Wildman–Crippen MR) is 36.5 cm³/mol. The molecule has 0 bridgehead atoms. The fourth-order valence-electron chi connectivity index (χ4n) is 0.201. The summed E-state index contributed by atoms with van der Waals surface area (Å²) in [6.07, 6.45) is 0.505. The van der Waals surface area contributed by atoms with Gasteiger partial charge in [0.1, 0.15) is 6.10 Å². The number of ether oxygens (including phenoxy) is 1. The molecular formula is C3H4BrIO. The van der Waals surface area contributed by atoms with Crippen LogP contribution in [0.25, 0.3) is 0 Å². The molecule has 2 atom stereocenters. The van der Waals surface area contributed by atoms with E-state index in [1.165, 1.54) is 0 Å². The second kappa shape index (κ2) is 1.96. The number of epoxide rings is 1. The number of alkyl halides is 2. The van der Waals surface area contributed by atoms with E-state index in [1.54, 1.807) is 0 Å². The standard InChI is InChI=1S/C3H4BrIO/c4-3(5)2-1-6-2/h2-3H,1H2. The van der Waals surface area contributed by atoms with Gasteiger partial charge in [-0.3, -0.25) is 0 Å². The normalized spacial score (nSPS) is 36.0. The predicted octanol–water partition coefficient (Wildman–Crippen LogP) is 1.54. The lowest BCUT2D eigenvalue weighted by Crippen LogP contribution is -1.92. The largest absolute Gasteiger partial charge is 0.371 e. The van der Waals surface area contributed by atoms with E-state index in [1.807, 2.05) is 0 Å². The smallest absolute Gasteiger partial charge is 0.102 e. The van der Waals surface area contributed by atoms with Gasteiger partial charge in [0.25, 0.3) is 0 Å². The van der Waals surface area contributed by atoms with Gasteiger partial charge in [-0.2, -0.15) is 0 Å². The molecule has 1 aliphatic heterocycles. The number of rotatable bonds is 1. The highest BCUT2D eigenvalue weighted by atomic mass is 127. The first-order valence-electron chi connectivity index (χ1n) is 1.70. The van der Waals surface area contributed by atoms with E-state index in [0.29, 0.717) is 8.94 Å². The minimum atomic E-state index is 0.505. The average Bonchev–Trinajstić information content (AvgIpc) is 2.06. The molecule has 0 aliphatic carbocycles. The van der Waals surface area contributed by atoms with E-state index in [2.05, 4.69) is 38.5 Å². The van der Waals surface area contributed by atoms with E-state index in [9.17, 15) is 0 Å². The Labute approximate surface area is 58.7 Å². The van der Waals surface area contributed by atoms with Crippen LogP contribution in [0, 0.1) is 0 Å². The van der Waals surface area contributed by atoms with Gasteiger partial charge < -0.3 is 4.74 Å². The second-order valence-corrected chi connectivity index (χ2v) is 5.25. The Kier molecular flexibility index (Phi) is 1.74. The molecule has 0 amide bonds. The average molecular weight is 263 g/mol. The number of hydrogen-bond donors (Lipinski definition) is 0. The highest BCUT2D eigenvalue weighted by molar-refractivity contribution is 14.1. The van der Waals surface area contributed by atoms with Crippen molar-refractivity contribution < 1.29 is 4.74 Å². The van der Waals surface area contributed by atoms with Crippen molar-refractivity contribution >= 4 is 38.5 Å². The van der Waals surface area contributed by atoms with Crippen LogP contribution >= 0.6 is 38.5 Å². The van der Waals surface area contributed by atoms with E-state index < -0.39 is 0 Å². The fraction of sp³-hybridized carbons (Fsp3) is 1.00. The molecule has 0 spiro atoms. The Balaban J connectivity index is 2.13. The lowest BCUT2D eigenvalue weighted by molar-refractivity contribution is 0.424. The maximum atomic E-state index is 4.92. The van der Waals surface area contributed by atoms with Crippen LogP contribution < -0.4 is 0 Å². The van der Waals surface area contributed by atoms with Crippen LogP contribution in [0.1, 0.15) is 0 Å². The Hall–Kier alpha value is 1.17. The lowest BCUT2D eigenvalue weighted by Gasteiger charge is -1.86. The van der Waals surface area contributed by atoms with Crippen molar-refractivity contribution in [1.29, 1.82) is 0 Å². The fourth-order valence-corrected chi connectivity index (χ4v) is 0.921. The van der Waals surface area contributed by atoms with E-state index in [-0.39, 0.29) is 0 Å². The van der Waals surface area contributed by atoms with Gasteiger partial charge in [-0.25, -0.2) is 0 Å². The van der Waals surface area contributed by atoms with Gasteiger partial charge in [0.2, 0.25) is 0 Å². The molecule has 1 rings (SSSR count). The SMILES string of the molecule is BrC(I)C1CO1. The van der Waals surface area contributed by atoms with Gasteiger partial charge in [-0.1, -0.05) is 38.5 Å². The highest BCUT2D eigenvalue weighted by Gasteiger charge is 2.28. The molecule has 1 aliphatic rings. The van der Waals surface area contributed by atoms with Gasteiger partial charge in [-0.15, -0.1) is 0 Å². The van der Waals surface area contributed by atoms with Gasteiger partial charge >= 0.3 is 0 Å². The van der Waals surface area contributed by atoms with Crippen molar-refractivity contribution in [2.75, 3.05) is 6.61 Å². The third-order valence-electron chi connectivity index (χ3n) is 0.640. The van der Waals surface area contributed by atoms with Crippen LogP contribution in [0.3, 0.4) is 0 Å². The Morgan fingerprint density at radius 2 is 2.50 bits per heavy atom. The molecule has 2 unspecified atom stereocenters. The Bertz CT molecular complexity index is 52.8. The molecule has 1 nitrogen and oxygen atoms in total. The van der Waals surface area contributed by atoms with Crippen molar-refractivity contribution in [1.82, 2.24) is 0 Å². The molecule has 0 aromatic carbocycles. The van der Waals surface area contributed by atoms with Crippen LogP contribution in [0.15, 0.2) is 0 Å². The summed E-state index contributed by atoms with van der Waals surface area (Å²) in [5.41, 5.74) is 0. The van der Waals surface area contributed by atoms with Crippen molar-refractivity contribution in [3.05, 3.63) is 0 Å². The van der Waals surface area contributed by atoms with Crippen LogP contribution in [0.5, 0.6) is 0 Å².